The molecule has 2 aromatic rings. The Labute approximate surface area is 142 Å². The lowest BCUT2D eigenvalue weighted by Crippen LogP contribution is -2.50. The van der Waals surface area contributed by atoms with Crippen molar-refractivity contribution in [2.45, 2.75) is 26.5 Å². The average molecular weight is 325 g/mol. The van der Waals surface area contributed by atoms with Crippen LogP contribution in [0.25, 0.3) is 0 Å². The minimum Gasteiger partial charge on any atom is -0.387 e. The highest BCUT2D eigenvalue weighted by Crippen LogP contribution is 2.19. The first kappa shape index (κ1) is 16.5. The molecule has 1 unspecified atom stereocenters. The van der Waals surface area contributed by atoms with Crippen molar-refractivity contribution in [1.29, 1.82) is 0 Å². The second-order valence-corrected chi connectivity index (χ2v) is 6.32. The summed E-state index contributed by atoms with van der Waals surface area (Å²) in [6.07, 6.45) is -0.608. The smallest absolute Gasteiger partial charge is 0.242 e. The molecular weight excluding hydrogens is 302 g/mol. The van der Waals surface area contributed by atoms with Crippen molar-refractivity contribution in [2.75, 3.05) is 24.5 Å². The van der Waals surface area contributed by atoms with Crippen LogP contribution in [0.1, 0.15) is 29.8 Å². The summed E-state index contributed by atoms with van der Waals surface area (Å²) in [5.74, 6) is 0.850. The van der Waals surface area contributed by atoms with Gasteiger partial charge in [0.2, 0.25) is 5.91 Å². The zero-order valence-corrected chi connectivity index (χ0v) is 14.1. The van der Waals surface area contributed by atoms with E-state index in [0.29, 0.717) is 25.3 Å². The largest absolute Gasteiger partial charge is 0.387 e. The van der Waals surface area contributed by atoms with E-state index in [1.165, 1.54) is 5.56 Å². The van der Waals surface area contributed by atoms with E-state index in [2.05, 4.69) is 36.2 Å². The third-order valence-corrected chi connectivity index (χ3v) is 4.32. The van der Waals surface area contributed by atoms with Gasteiger partial charge in [0.25, 0.3) is 0 Å². The molecule has 0 aliphatic carbocycles. The molecule has 1 fully saturated rings. The molecule has 1 aliphatic rings. The Hall–Kier alpha value is -2.40. The molecule has 24 heavy (non-hydrogen) atoms. The van der Waals surface area contributed by atoms with Gasteiger partial charge in [-0.1, -0.05) is 35.9 Å². The molecule has 5 nitrogen and oxygen atoms in total. The van der Waals surface area contributed by atoms with Crippen LogP contribution in [0.5, 0.6) is 0 Å². The number of aromatic nitrogens is 1. The highest BCUT2D eigenvalue weighted by Gasteiger charge is 2.25. The van der Waals surface area contributed by atoms with E-state index in [4.69, 9.17) is 0 Å². The number of nitrogens with zero attached hydrogens (tertiary/aromatic N) is 3. The van der Waals surface area contributed by atoms with Crippen molar-refractivity contribution < 1.29 is 9.90 Å². The van der Waals surface area contributed by atoms with Gasteiger partial charge in [0.1, 0.15) is 5.82 Å². The van der Waals surface area contributed by atoms with Crippen molar-refractivity contribution >= 4 is 11.7 Å². The molecule has 5 heteroatoms. The van der Waals surface area contributed by atoms with Gasteiger partial charge in [0.05, 0.1) is 18.3 Å². The summed E-state index contributed by atoms with van der Waals surface area (Å²) in [6, 6.07) is 13.8. The molecule has 2 heterocycles. The molecule has 126 valence electrons. The van der Waals surface area contributed by atoms with E-state index in [0.717, 1.165) is 17.9 Å². The Kier molecular flexibility index (Phi) is 4.81. The standard InChI is InChI=1S/C19H23N3O2/c1-14-6-8-16(9-7-14)12-22-11-10-21(13-19(22)24)18-5-3-4-17(20-18)15(2)23/h3-9,15,23H,10-13H2,1-2H3. The van der Waals surface area contributed by atoms with Crippen LogP contribution in [0.4, 0.5) is 5.82 Å². The number of pyridine rings is 1. The van der Waals surface area contributed by atoms with E-state index >= 15 is 0 Å². The topological polar surface area (TPSA) is 56.7 Å². The van der Waals surface area contributed by atoms with Gasteiger partial charge in [0, 0.05) is 19.6 Å². The summed E-state index contributed by atoms with van der Waals surface area (Å²) in [6.45, 7) is 6.14. The molecule has 1 aromatic heterocycles. The van der Waals surface area contributed by atoms with Gasteiger partial charge in [-0.05, 0) is 31.5 Å². The second kappa shape index (κ2) is 7.01. The van der Waals surface area contributed by atoms with E-state index in [-0.39, 0.29) is 5.91 Å². The number of piperazine rings is 1. The molecule has 0 spiro atoms. The Morgan fingerprint density at radius 1 is 1.17 bits per heavy atom. The van der Waals surface area contributed by atoms with Crippen molar-refractivity contribution in [3.05, 3.63) is 59.3 Å². The number of aryl methyl sites for hydroxylation is 1. The average Bonchev–Trinajstić information content (AvgIpc) is 2.58. The molecule has 1 atom stereocenters. The highest BCUT2D eigenvalue weighted by molar-refractivity contribution is 5.82. The Morgan fingerprint density at radius 2 is 1.92 bits per heavy atom. The third-order valence-electron chi connectivity index (χ3n) is 4.32. The second-order valence-electron chi connectivity index (χ2n) is 6.32. The van der Waals surface area contributed by atoms with Crippen LogP contribution in [0.15, 0.2) is 42.5 Å². The maximum atomic E-state index is 12.5. The fourth-order valence-corrected chi connectivity index (χ4v) is 2.83. The molecule has 1 saturated heterocycles. The number of amides is 1. The summed E-state index contributed by atoms with van der Waals surface area (Å²) in [5, 5.41) is 9.67. The lowest BCUT2D eigenvalue weighted by Gasteiger charge is -2.35. The van der Waals surface area contributed by atoms with Crippen molar-refractivity contribution in [1.82, 2.24) is 9.88 Å². The summed E-state index contributed by atoms with van der Waals surface area (Å²) < 4.78 is 0. The highest BCUT2D eigenvalue weighted by atomic mass is 16.3. The third kappa shape index (κ3) is 3.74. The van der Waals surface area contributed by atoms with E-state index in [1.807, 2.05) is 21.9 Å². The normalized spacial score (nSPS) is 16.4. The summed E-state index contributed by atoms with van der Waals surface area (Å²) in [4.78, 5) is 20.8. The Balaban J connectivity index is 1.65. The van der Waals surface area contributed by atoms with E-state index < -0.39 is 6.10 Å². The number of hydrogen-bond acceptors (Lipinski definition) is 4. The van der Waals surface area contributed by atoms with Crippen LogP contribution in [-0.4, -0.2) is 40.5 Å². The van der Waals surface area contributed by atoms with Crippen molar-refractivity contribution in [3.8, 4) is 0 Å². The van der Waals surface area contributed by atoms with Gasteiger partial charge in [-0.3, -0.25) is 4.79 Å². The van der Waals surface area contributed by atoms with E-state index in [1.54, 1.807) is 13.0 Å². The number of benzene rings is 1. The number of aliphatic hydroxyl groups excluding tert-OH is 1. The quantitative estimate of drug-likeness (QED) is 0.937. The molecule has 1 aromatic carbocycles. The predicted octanol–water partition coefficient (Wildman–Crippen LogP) is 2.29. The summed E-state index contributed by atoms with van der Waals surface area (Å²) in [7, 11) is 0. The first-order valence-electron chi connectivity index (χ1n) is 8.26. The van der Waals surface area contributed by atoms with Crippen LogP contribution < -0.4 is 4.90 Å². The molecule has 1 N–H and O–H groups in total. The summed E-state index contributed by atoms with van der Waals surface area (Å²) >= 11 is 0. The molecular formula is C19H23N3O2. The van der Waals surface area contributed by atoms with Gasteiger partial charge in [-0.25, -0.2) is 4.98 Å². The lowest BCUT2D eigenvalue weighted by atomic mass is 10.1. The Bertz CT molecular complexity index is 713. The number of hydrogen-bond donors (Lipinski definition) is 1. The predicted molar refractivity (Wildman–Crippen MR) is 93.7 cm³/mol. The summed E-state index contributed by atoms with van der Waals surface area (Å²) in [5.41, 5.74) is 3.00. The molecule has 0 radical (unpaired) electrons. The number of carbonyl (C=O) groups excluding carboxylic acids is 1. The first-order valence-corrected chi connectivity index (χ1v) is 8.26. The van der Waals surface area contributed by atoms with E-state index in [9.17, 15) is 9.90 Å². The van der Waals surface area contributed by atoms with Gasteiger partial charge in [0.15, 0.2) is 0 Å². The fourth-order valence-electron chi connectivity index (χ4n) is 2.83. The van der Waals surface area contributed by atoms with Gasteiger partial charge in [-0.2, -0.15) is 0 Å². The van der Waals surface area contributed by atoms with Crippen LogP contribution in [0, 0.1) is 6.92 Å². The maximum absolute atomic E-state index is 12.5. The number of aliphatic hydroxyl groups is 1. The van der Waals surface area contributed by atoms with Crippen LogP contribution >= 0.6 is 0 Å². The number of rotatable bonds is 4. The molecule has 0 saturated carbocycles. The van der Waals surface area contributed by atoms with Crippen molar-refractivity contribution in [3.63, 3.8) is 0 Å². The zero-order chi connectivity index (χ0) is 17.1. The van der Waals surface area contributed by atoms with Crippen molar-refractivity contribution in [2.24, 2.45) is 0 Å². The molecule has 1 aliphatic heterocycles. The monoisotopic (exact) mass is 325 g/mol. The minimum absolute atomic E-state index is 0.103. The molecule has 1 amide bonds. The number of carbonyl (C=O) groups is 1. The van der Waals surface area contributed by atoms with Gasteiger partial charge >= 0.3 is 0 Å². The maximum Gasteiger partial charge on any atom is 0.242 e. The molecule has 3 rings (SSSR count). The zero-order valence-electron chi connectivity index (χ0n) is 14.1. The minimum atomic E-state index is -0.608. The fraction of sp³-hybridized carbons (Fsp3) is 0.368. The first-order chi connectivity index (χ1) is 11.5. The SMILES string of the molecule is Cc1ccc(CN2CCN(c3cccc(C(C)O)n3)CC2=O)cc1. The molecule has 0 bridgehead atoms. The van der Waals surface area contributed by atoms with Crippen LogP contribution in [0.2, 0.25) is 0 Å². The van der Waals surface area contributed by atoms with Gasteiger partial charge in [-0.15, -0.1) is 0 Å². The lowest BCUT2D eigenvalue weighted by molar-refractivity contribution is -0.131. The Morgan fingerprint density at radius 3 is 2.58 bits per heavy atom. The number of anilines is 1. The van der Waals surface area contributed by atoms with Crippen LogP contribution in [-0.2, 0) is 11.3 Å². The van der Waals surface area contributed by atoms with Gasteiger partial charge < -0.3 is 14.9 Å². The van der Waals surface area contributed by atoms with Crippen LogP contribution in [0.3, 0.4) is 0 Å².